The van der Waals surface area contributed by atoms with Crippen molar-refractivity contribution in [1.82, 2.24) is 5.32 Å². The Morgan fingerprint density at radius 2 is 1.41 bits per heavy atom. The topological polar surface area (TPSA) is 49.3 Å². The van der Waals surface area contributed by atoms with Crippen molar-refractivity contribution in [3.63, 3.8) is 0 Å². The van der Waals surface area contributed by atoms with Crippen LogP contribution < -0.4 is 15.7 Å². The van der Waals surface area contributed by atoms with Crippen LogP contribution in [-0.4, -0.2) is 31.2 Å². The van der Waals surface area contributed by atoms with Gasteiger partial charge in [-0.15, -0.1) is 0 Å². The highest BCUT2D eigenvalue weighted by Crippen LogP contribution is 2.42. The summed E-state index contributed by atoms with van der Waals surface area (Å²) in [7, 11) is -3.05. The van der Waals surface area contributed by atoms with Crippen LogP contribution >= 0.6 is 0 Å². The van der Waals surface area contributed by atoms with E-state index < -0.39 is 26.4 Å². The van der Waals surface area contributed by atoms with Crippen LogP contribution in [0.1, 0.15) is 52.4 Å². The number of nitrogens with one attached hydrogen (secondary N) is 1. The molecule has 2 N–H and O–H groups in total. The standard InChI is InChI=1S/C25H32F3NO2Si/c1-24(2,18-17-19-13-15-20(16-14-19)29-23(30)25(26,27)28)32(31,21-9-5-3-6-10-21)22-11-7-4-8-12-22/h3-12,19-20,31H,13-18H2,1-2H3,(H,29,30). The number of benzene rings is 2. The molecule has 0 aliphatic heterocycles. The minimum absolute atomic E-state index is 0.336. The quantitative estimate of drug-likeness (QED) is 0.593. The number of amides is 1. The van der Waals surface area contributed by atoms with E-state index in [1.165, 1.54) is 0 Å². The maximum Gasteiger partial charge on any atom is 0.471 e. The second kappa shape index (κ2) is 9.79. The number of carbonyl (C=O) groups excluding carboxylic acids is 1. The highest BCUT2D eigenvalue weighted by Gasteiger charge is 2.49. The summed E-state index contributed by atoms with van der Waals surface area (Å²) in [6.45, 7) is 4.27. The molecule has 1 aliphatic carbocycles. The highest BCUT2D eigenvalue weighted by molar-refractivity contribution is 6.98. The van der Waals surface area contributed by atoms with Crippen molar-refractivity contribution in [2.24, 2.45) is 5.92 Å². The average molecular weight is 464 g/mol. The summed E-state index contributed by atoms with van der Waals surface area (Å²) < 4.78 is 37.5. The molecule has 0 aromatic heterocycles. The Bertz CT molecular complexity index is 840. The molecule has 0 atom stereocenters. The first-order chi connectivity index (χ1) is 15.0. The van der Waals surface area contributed by atoms with E-state index in [1.54, 1.807) is 0 Å². The summed E-state index contributed by atoms with van der Waals surface area (Å²) in [6.07, 6.45) is -0.403. The van der Waals surface area contributed by atoms with Gasteiger partial charge in [-0.1, -0.05) is 80.9 Å². The molecule has 1 aliphatic rings. The smallest absolute Gasteiger partial charge is 0.424 e. The maximum atomic E-state index is 12.5. The number of hydrogen-bond donors (Lipinski definition) is 2. The molecule has 0 saturated heterocycles. The van der Waals surface area contributed by atoms with E-state index in [2.05, 4.69) is 19.2 Å². The van der Waals surface area contributed by atoms with Crippen molar-refractivity contribution in [1.29, 1.82) is 0 Å². The molecular weight excluding hydrogens is 431 g/mol. The molecule has 7 heteroatoms. The monoisotopic (exact) mass is 463 g/mol. The van der Waals surface area contributed by atoms with Crippen molar-refractivity contribution < 1.29 is 22.8 Å². The van der Waals surface area contributed by atoms with Gasteiger partial charge >= 0.3 is 12.1 Å². The summed E-state index contributed by atoms with van der Waals surface area (Å²) in [5.74, 6) is -1.46. The Labute approximate surface area is 189 Å². The molecule has 3 nitrogen and oxygen atoms in total. The molecule has 32 heavy (non-hydrogen) atoms. The third-order valence-corrected chi connectivity index (χ3v) is 11.5. The Hall–Kier alpha value is -2.12. The molecule has 0 radical (unpaired) electrons. The zero-order chi connectivity index (χ0) is 23.4. The van der Waals surface area contributed by atoms with Crippen LogP contribution in [0.3, 0.4) is 0 Å². The van der Waals surface area contributed by atoms with Crippen molar-refractivity contribution in [3.8, 4) is 0 Å². The van der Waals surface area contributed by atoms with Crippen molar-refractivity contribution in [3.05, 3.63) is 60.7 Å². The van der Waals surface area contributed by atoms with Gasteiger partial charge in [0.2, 0.25) is 0 Å². The Kier molecular flexibility index (Phi) is 7.50. The third-order valence-electron chi connectivity index (χ3n) is 6.98. The summed E-state index contributed by atoms with van der Waals surface area (Å²) in [4.78, 5) is 23.4. The van der Waals surface area contributed by atoms with E-state index in [1.807, 2.05) is 60.7 Å². The fraction of sp³-hybridized carbons (Fsp3) is 0.480. The molecule has 1 saturated carbocycles. The number of halogens is 3. The van der Waals surface area contributed by atoms with Gasteiger partial charge in [0.05, 0.1) is 0 Å². The molecule has 0 heterocycles. The summed E-state index contributed by atoms with van der Waals surface area (Å²) in [6, 6.07) is 19.4. The van der Waals surface area contributed by atoms with Gasteiger partial charge in [0.1, 0.15) is 0 Å². The minimum atomic E-state index is -4.83. The minimum Gasteiger partial charge on any atom is -0.424 e. The summed E-state index contributed by atoms with van der Waals surface area (Å²) >= 11 is 0. The van der Waals surface area contributed by atoms with E-state index in [4.69, 9.17) is 0 Å². The van der Waals surface area contributed by atoms with E-state index in [9.17, 15) is 22.8 Å². The maximum absolute atomic E-state index is 12.5. The number of alkyl halides is 3. The lowest BCUT2D eigenvalue weighted by Crippen LogP contribution is -2.65. The van der Waals surface area contributed by atoms with Gasteiger partial charge in [0.25, 0.3) is 8.32 Å². The number of rotatable bonds is 7. The van der Waals surface area contributed by atoms with Crippen LogP contribution in [0.2, 0.25) is 5.04 Å². The Balaban J connectivity index is 1.67. The van der Waals surface area contributed by atoms with Crippen molar-refractivity contribution in [2.45, 2.75) is 69.6 Å². The zero-order valence-electron chi connectivity index (χ0n) is 18.7. The molecule has 2 aromatic rings. The van der Waals surface area contributed by atoms with E-state index in [0.29, 0.717) is 18.8 Å². The van der Waals surface area contributed by atoms with Crippen LogP contribution in [0.4, 0.5) is 13.2 Å². The first-order valence-electron chi connectivity index (χ1n) is 11.2. The van der Waals surface area contributed by atoms with Gasteiger partial charge < -0.3 is 10.1 Å². The first kappa shape index (κ1) is 24.5. The molecule has 2 aromatic carbocycles. The Morgan fingerprint density at radius 1 is 0.938 bits per heavy atom. The van der Waals surface area contributed by atoms with E-state index >= 15 is 0 Å². The average Bonchev–Trinajstić information content (AvgIpc) is 2.78. The van der Waals surface area contributed by atoms with Crippen molar-refractivity contribution in [2.75, 3.05) is 0 Å². The highest BCUT2D eigenvalue weighted by atomic mass is 28.4. The van der Waals surface area contributed by atoms with E-state index in [0.717, 1.165) is 36.1 Å². The molecule has 3 rings (SSSR count). The third kappa shape index (κ3) is 5.43. The fourth-order valence-corrected chi connectivity index (χ4v) is 8.67. The predicted octanol–water partition coefficient (Wildman–Crippen LogP) is 4.54. The van der Waals surface area contributed by atoms with Gasteiger partial charge in [-0.3, -0.25) is 4.79 Å². The van der Waals surface area contributed by atoms with Crippen LogP contribution in [0, 0.1) is 5.92 Å². The lowest BCUT2D eigenvalue weighted by atomic mass is 9.82. The van der Waals surface area contributed by atoms with Gasteiger partial charge in [-0.05, 0) is 53.4 Å². The normalized spacial score (nSPS) is 20.1. The van der Waals surface area contributed by atoms with Crippen LogP contribution in [0.5, 0.6) is 0 Å². The summed E-state index contributed by atoms with van der Waals surface area (Å²) in [5.41, 5.74) is 0. The van der Waals surface area contributed by atoms with Crippen LogP contribution in [-0.2, 0) is 4.79 Å². The van der Waals surface area contributed by atoms with Crippen LogP contribution in [0.25, 0.3) is 0 Å². The second-order valence-corrected chi connectivity index (χ2v) is 13.5. The molecular formula is C25H32F3NO2Si. The van der Waals surface area contributed by atoms with Gasteiger partial charge in [0.15, 0.2) is 0 Å². The zero-order valence-corrected chi connectivity index (χ0v) is 19.7. The lowest BCUT2D eigenvalue weighted by Gasteiger charge is -2.42. The lowest BCUT2D eigenvalue weighted by molar-refractivity contribution is -0.174. The fourth-order valence-electron chi connectivity index (χ4n) is 4.92. The molecule has 0 bridgehead atoms. The van der Waals surface area contributed by atoms with Crippen molar-refractivity contribution >= 4 is 24.6 Å². The second-order valence-electron chi connectivity index (χ2n) is 9.55. The van der Waals surface area contributed by atoms with Gasteiger partial charge in [0, 0.05) is 6.04 Å². The molecule has 1 fully saturated rings. The largest absolute Gasteiger partial charge is 0.471 e. The first-order valence-corrected chi connectivity index (χ1v) is 13.2. The molecule has 0 spiro atoms. The van der Waals surface area contributed by atoms with Gasteiger partial charge in [-0.25, -0.2) is 0 Å². The van der Waals surface area contributed by atoms with E-state index in [-0.39, 0.29) is 5.04 Å². The van der Waals surface area contributed by atoms with Crippen LogP contribution in [0.15, 0.2) is 60.7 Å². The molecule has 0 unspecified atom stereocenters. The molecule has 174 valence electrons. The SMILES string of the molecule is CC(C)(CCC1CCC(NC(=O)C(F)(F)F)CC1)[Si](O)(c1ccccc1)c1ccccc1. The molecule has 1 amide bonds. The Morgan fingerprint density at radius 3 is 1.84 bits per heavy atom. The number of hydrogen-bond acceptors (Lipinski definition) is 2. The van der Waals surface area contributed by atoms with Gasteiger partial charge in [-0.2, -0.15) is 13.2 Å². The number of carbonyl (C=O) groups is 1. The summed E-state index contributed by atoms with van der Waals surface area (Å²) in [5, 5.41) is 3.75. The predicted molar refractivity (Wildman–Crippen MR) is 123 cm³/mol.